The first-order valence-electron chi connectivity index (χ1n) is 8.20. The van der Waals surface area contributed by atoms with Crippen LogP contribution in [0.5, 0.6) is 0 Å². The number of alkyl halides is 3. The van der Waals surface area contributed by atoms with E-state index in [9.17, 15) is 26.4 Å². The molecular weight excluding hydrogens is 419 g/mol. The van der Waals surface area contributed by atoms with E-state index in [1.165, 1.54) is 24.3 Å². The van der Waals surface area contributed by atoms with Crippen molar-refractivity contribution in [1.29, 1.82) is 0 Å². The Morgan fingerprint density at radius 2 is 2.00 bits per heavy atom. The third kappa shape index (κ3) is 5.07. The van der Waals surface area contributed by atoms with Crippen molar-refractivity contribution in [2.75, 3.05) is 18.5 Å². The minimum atomic E-state index is -4.59. The van der Waals surface area contributed by atoms with Gasteiger partial charge in [-0.2, -0.15) is 13.2 Å². The van der Waals surface area contributed by atoms with Gasteiger partial charge in [-0.3, -0.25) is 10.1 Å². The van der Waals surface area contributed by atoms with E-state index in [0.717, 1.165) is 18.2 Å². The quantitative estimate of drug-likeness (QED) is 0.727. The molecule has 0 bridgehead atoms. The molecule has 1 aromatic carbocycles. The first-order valence-corrected chi connectivity index (χ1v) is 10.6. The lowest BCUT2D eigenvalue weighted by molar-refractivity contribution is -0.140. The van der Waals surface area contributed by atoms with Crippen molar-refractivity contribution >= 4 is 32.4 Å². The summed E-state index contributed by atoms with van der Waals surface area (Å²) in [5, 5.41) is 2.85. The van der Waals surface area contributed by atoms with Crippen molar-refractivity contribution < 1.29 is 31.1 Å². The molecule has 1 aliphatic rings. The van der Waals surface area contributed by atoms with Crippen LogP contribution in [0.4, 0.5) is 18.3 Å². The van der Waals surface area contributed by atoms with E-state index in [0.29, 0.717) is 17.9 Å². The largest absolute Gasteiger partial charge is 0.434 e. The van der Waals surface area contributed by atoms with Crippen molar-refractivity contribution in [3.8, 4) is 0 Å². The lowest BCUT2D eigenvalue weighted by atomic mass is 10.2. The van der Waals surface area contributed by atoms with Gasteiger partial charge in [-0.05, 0) is 37.1 Å². The number of ether oxygens (including phenoxy) is 1. The van der Waals surface area contributed by atoms with E-state index in [-0.39, 0.29) is 28.2 Å². The summed E-state index contributed by atoms with van der Waals surface area (Å²) in [7, 11) is -3.76. The molecule has 1 aromatic heterocycles. The van der Waals surface area contributed by atoms with Gasteiger partial charge in [0.25, 0.3) is 5.91 Å². The van der Waals surface area contributed by atoms with Crippen molar-refractivity contribution in [2.45, 2.75) is 30.0 Å². The van der Waals surface area contributed by atoms with Gasteiger partial charge < -0.3 is 4.74 Å². The van der Waals surface area contributed by atoms with Crippen LogP contribution in [0.15, 0.2) is 34.5 Å². The summed E-state index contributed by atoms with van der Waals surface area (Å²) in [6, 6.07) is 5.04. The van der Waals surface area contributed by atoms with Gasteiger partial charge in [0.2, 0.25) is 10.0 Å². The summed E-state index contributed by atoms with van der Waals surface area (Å²) in [5.74, 6) is -0.695. The molecule has 1 unspecified atom stereocenters. The Balaban J connectivity index is 1.62. The highest BCUT2D eigenvalue weighted by Gasteiger charge is 2.34. The molecule has 1 aliphatic heterocycles. The molecule has 1 atom stereocenters. The highest BCUT2D eigenvalue weighted by Crippen LogP contribution is 2.31. The predicted octanol–water partition coefficient (Wildman–Crippen LogP) is 2.87. The van der Waals surface area contributed by atoms with Crippen molar-refractivity contribution in [2.24, 2.45) is 0 Å². The van der Waals surface area contributed by atoms with Crippen LogP contribution >= 0.6 is 11.3 Å². The van der Waals surface area contributed by atoms with E-state index >= 15 is 0 Å². The summed E-state index contributed by atoms with van der Waals surface area (Å²) in [6.07, 6.45) is -3.07. The minimum Gasteiger partial charge on any atom is -0.377 e. The number of halogens is 3. The van der Waals surface area contributed by atoms with Crippen LogP contribution in [0.2, 0.25) is 0 Å². The molecule has 0 aliphatic carbocycles. The lowest BCUT2D eigenvalue weighted by Crippen LogP contribution is -2.31. The Labute approximate surface area is 163 Å². The SMILES string of the molecule is O=C(Nc1nc(C(F)(F)F)cs1)c1ccc(S(=O)(=O)NCC2CCCO2)cc1. The van der Waals surface area contributed by atoms with Gasteiger partial charge in [-0.1, -0.05) is 0 Å². The van der Waals surface area contributed by atoms with Crippen LogP contribution in [0.3, 0.4) is 0 Å². The van der Waals surface area contributed by atoms with Gasteiger partial charge in [0.05, 0.1) is 11.0 Å². The molecule has 12 heteroatoms. The topological polar surface area (TPSA) is 97.4 Å². The van der Waals surface area contributed by atoms with E-state index < -0.39 is 27.8 Å². The summed E-state index contributed by atoms with van der Waals surface area (Å²) in [6.45, 7) is 0.774. The van der Waals surface area contributed by atoms with Gasteiger partial charge in [-0.25, -0.2) is 18.1 Å². The third-order valence-electron chi connectivity index (χ3n) is 3.97. The molecule has 2 aromatic rings. The number of anilines is 1. The molecule has 2 N–H and O–H groups in total. The van der Waals surface area contributed by atoms with Gasteiger partial charge in [0, 0.05) is 24.1 Å². The molecule has 1 amide bonds. The Morgan fingerprint density at radius 3 is 2.57 bits per heavy atom. The van der Waals surface area contributed by atoms with Crippen molar-refractivity contribution in [1.82, 2.24) is 9.71 Å². The molecule has 1 saturated heterocycles. The predicted molar refractivity (Wildman–Crippen MR) is 95.7 cm³/mol. The maximum absolute atomic E-state index is 12.5. The van der Waals surface area contributed by atoms with Crippen molar-refractivity contribution in [3.63, 3.8) is 0 Å². The number of amides is 1. The number of thiazole rings is 1. The van der Waals surface area contributed by atoms with Crippen LogP contribution in [-0.2, 0) is 20.9 Å². The fourth-order valence-electron chi connectivity index (χ4n) is 2.51. The van der Waals surface area contributed by atoms with Crippen molar-refractivity contribution in [3.05, 3.63) is 40.9 Å². The maximum atomic E-state index is 12.5. The van der Waals surface area contributed by atoms with Gasteiger partial charge >= 0.3 is 6.18 Å². The molecule has 0 spiro atoms. The second kappa shape index (κ2) is 8.15. The van der Waals surface area contributed by atoms with Crippen LogP contribution < -0.4 is 10.0 Å². The first kappa shape index (κ1) is 20.7. The molecule has 28 heavy (non-hydrogen) atoms. The molecule has 2 heterocycles. The zero-order valence-corrected chi connectivity index (χ0v) is 16.0. The van der Waals surface area contributed by atoms with Crippen LogP contribution in [0.25, 0.3) is 0 Å². The summed E-state index contributed by atoms with van der Waals surface area (Å²) in [4.78, 5) is 15.4. The molecule has 1 fully saturated rings. The highest BCUT2D eigenvalue weighted by molar-refractivity contribution is 7.89. The Morgan fingerprint density at radius 1 is 1.29 bits per heavy atom. The van der Waals surface area contributed by atoms with E-state index in [4.69, 9.17) is 4.74 Å². The summed E-state index contributed by atoms with van der Waals surface area (Å²) < 4.78 is 70.0. The Kier molecular flexibility index (Phi) is 6.03. The Bertz CT molecular complexity index is 937. The summed E-state index contributed by atoms with van der Waals surface area (Å²) in [5.41, 5.74) is -1.01. The van der Waals surface area contributed by atoms with E-state index in [1.807, 2.05) is 0 Å². The fourth-order valence-corrected chi connectivity index (χ4v) is 4.29. The number of sulfonamides is 1. The van der Waals surface area contributed by atoms with Crippen LogP contribution in [0, 0.1) is 0 Å². The minimum absolute atomic E-state index is 0.0318. The molecule has 152 valence electrons. The number of rotatable bonds is 6. The number of benzene rings is 1. The average Bonchev–Trinajstić information content (AvgIpc) is 3.31. The zero-order valence-electron chi connectivity index (χ0n) is 14.3. The molecule has 0 saturated carbocycles. The van der Waals surface area contributed by atoms with Crippen LogP contribution in [0.1, 0.15) is 28.9 Å². The monoisotopic (exact) mass is 435 g/mol. The smallest absolute Gasteiger partial charge is 0.377 e. The normalized spacial score (nSPS) is 17.6. The Hall–Kier alpha value is -2.02. The van der Waals surface area contributed by atoms with Gasteiger partial charge in [-0.15, -0.1) is 11.3 Å². The number of nitrogens with zero attached hydrogens (tertiary/aromatic N) is 1. The van der Waals surface area contributed by atoms with E-state index in [2.05, 4.69) is 15.0 Å². The average molecular weight is 435 g/mol. The highest BCUT2D eigenvalue weighted by atomic mass is 32.2. The molecule has 7 nitrogen and oxygen atoms in total. The number of hydrogen-bond acceptors (Lipinski definition) is 6. The van der Waals surface area contributed by atoms with Gasteiger partial charge in [0.15, 0.2) is 10.8 Å². The van der Waals surface area contributed by atoms with Crippen LogP contribution in [-0.4, -0.2) is 38.6 Å². The third-order valence-corrected chi connectivity index (χ3v) is 6.16. The lowest BCUT2D eigenvalue weighted by Gasteiger charge is -2.11. The number of carbonyl (C=O) groups is 1. The number of aromatic nitrogens is 1. The maximum Gasteiger partial charge on any atom is 0.434 e. The number of nitrogens with one attached hydrogen (secondary N) is 2. The molecule has 0 radical (unpaired) electrons. The second-order valence-corrected chi connectivity index (χ2v) is 8.63. The summed E-state index contributed by atoms with van der Waals surface area (Å²) >= 11 is 0.645. The fraction of sp³-hybridized carbons (Fsp3) is 0.375. The molecule has 3 rings (SSSR count). The van der Waals surface area contributed by atoms with E-state index in [1.54, 1.807) is 0 Å². The second-order valence-electron chi connectivity index (χ2n) is 6.00. The number of carbonyl (C=O) groups excluding carboxylic acids is 1. The zero-order chi connectivity index (χ0) is 20.4. The molecular formula is C16H16F3N3O4S2. The standard InChI is InChI=1S/C16H16F3N3O4S2/c17-16(18,19)13-9-27-15(21-13)22-14(23)10-3-5-12(6-4-10)28(24,25)20-8-11-2-1-7-26-11/h3-6,9,11,20H,1-2,7-8H2,(H,21,22,23). The first-order chi connectivity index (χ1) is 13.1. The van der Waals surface area contributed by atoms with Gasteiger partial charge in [0.1, 0.15) is 0 Å². The number of hydrogen-bond donors (Lipinski definition) is 2.